The Hall–Kier alpha value is -1.66. The molecule has 0 saturated heterocycles. The number of hydrogen-bond acceptors (Lipinski definition) is 5. The van der Waals surface area contributed by atoms with E-state index in [1.807, 2.05) is 19.1 Å². The lowest BCUT2D eigenvalue weighted by Gasteiger charge is -2.18. The molecule has 1 aromatic heterocycles. The number of ether oxygens (including phenoxy) is 1. The lowest BCUT2D eigenvalue weighted by molar-refractivity contribution is -0.120. The van der Waals surface area contributed by atoms with Crippen molar-refractivity contribution in [1.29, 1.82) is 0 Å². The van der Waals surface area contributed by atoms with Crippen LogP contribution in [0, 0.1) is 18.8 Å². The zero-order valence-electron chi connectivity index (χ0n) is 12.9. The Bertz CT molecular complexity index is 698. The summed E-state index contributed by atoms with van der Waals surface area (Å²) in [5, 5.41) is 4.03. The predicted molar refractivity (Wildman–Crippen MR) is 89.4 cm³/mol. The Labute approximate surface area is 133 Å². The molecule has 0 bridgehead atoms. The van der Waals surface area contributed by atoms with Gasteiger partial charge in [-0.15, -0.1) is 11.3 Å². The highest BCUT2D eigenvalue weighted by molar-refractivity contribution is 7.18. The number of carbonyl (C=O) groups is 1. The summed E-state index contributed by atoms with van der Waals surface area (Å²) in [6.07, 6.45) is 3.03. The molecule has 1 amide bonds. The maximum atomic E-state index is 12.6. The van der Waals surface area contributed by atoms with Crippen LogP contribution in [-0.4, -0.2) is 24.5 Å². The van der Waals surface area contributed by atoms with Crippen molar-refractivity contribution in [2.45, 2.75) is 26.2 Å². The zero-order valence-corrected chi connectivity index (χ0v) is 13.7. The van der Waals surface area contributed by atoms with Crippen LogP contribution >= 0.6 is 11.3 Å². The average Bonchev–Trinajstić information content (AvgIpc) is 3.10. The maximum absolute atomic E-state index is 12.6. The average molecular weight is 319 g/mol. The van der Waals surface area contributed by atoms with E-state index < -0.39 is 0 Å². The number of rotatable bonds is 4. The molecular weight excluding hydrogens is 298 g/mol. The number of aromatic nitrogens is 1. The van der Waals surface area contributed by atoms with Gasteiger partial charge in [-0.05, 0) is 38.3 Å². The molecule has 1 fully saturated rings. The van der Waals surface area contributed by atoms with Crippen molar-refractivity contribution in [3.05, 3.63) is 17.1 Å². The Balaban J connectivity index is 1.87. The number of amides is 1. The molecule has 5 nitrogen and oxygen atoms in total. The Morgan fingerprint density at radius 3 is 3.05 bits per heavy atom. The molecule has 0 spiro atoms. The summed E-state index contributed by atoms with van der Waals surface area (Å²) in [6.45, 7) is 2.54. The van der Waals surface area contributed by atoms with Gasteiger partial charge in [0, 0.05) is 12.0 Å². The first-order valence-electron chi connectivity index (χ1n) is 7.58. The van der Waals surface area contributed by atoms with Gasteiger partial charge in [0.1, 0.15) is 5.75 Å². The molecule has 2 atom stereocenters. The Morgan fingerprint density at radius 1 is 1.50 bits per heavy atom. The predicted octanol–water partition coefficient (Wildman–Crippen LogP) is 2.93. The van der Waals surface area contributed by atoms with Crippen LogP contribution in [-0.2, 0) is 4.79 Å². The Morgan fingerprint density at radius 2 is 2.32 bits per heavy atom. The van der Waals surface area contributed by atoms with Crippen molar-refractivity contribution < 1.29 is 9.53 Å². The molecule has 0 aliphatic heterocycles. The summed E-state index contributed by atoms with van der Waals surface area (Å²) < 4.78 is 6.46. The topological polar surface area (TPSA) is 77.2 Å². The van der Waals surface area contributed by atoms with Gasteiger partial charge >= 0.3 is 0 Å². The van der Waals surface area contributed by atoms with Gasteiger partial charge in [0.2, 0.25) is 5.91 Å². The molecule has 0 radical (unpaired) electrons. The van der Waals surface area contributed by atoms with Gasteiger partial charge in [0.15, 0.2) is 0 Å². The SMILES string of the molecule is COc1cc2nc(C)sc2cc1NC(=O)[C@@H]1CCC[C@@H]1CN. The molecule has 1 saturated carbocycles. The molecule has 1 heterocycles. The van der Waals surface area contributed by atoms with Gasteiger partial charge in [-0.25, -0.2) is 4.98 Å². The third-order valence-electron chi connectivity index (χ3n) is 4.37. The minimum absolute atomic E-state index is 0.00796. The van der Waals surface area contributed by atoms with Crippen molar-refractivity contribution >= 4 is 33.1 Å². The Kier molecular flexibility index (Phi) is 4.31. The van der Waals surface area contributed by atoms with Crippen LogP contribution in [0.5, 0.6) is 5.75 Å². The minimum Gasteiger partial charge on any atom is -0.494 e. The van der Waals surface area contributed by atoms with Gasteiger partial charge < -0.3 is 15.8 Å². The lowest BCUT2D eigenvalue weighted by atomic mass is 9.95. The number of carbonyl (C=O) groups excluding carboxylic acids is 1. The number of aryl methyl sites for hydroxylation is 1. The number of benzene rings is 1. The molecule has 2 aromatic rings. The normalized spacial score (nSPS) is 21.2. The van der Waals surface area contributed by atoms with Gasteiger partial charge in [0.05, 0.1) is 28.0 Å². The molecule has 22 heavy (non-hydrogen) atoms. The third kappa shape index (κ3) is 2.80. The number of nitrogens with two attached hydrogens (primary N) is 1. The van der Waals surface area contributed by atoms with E-state index in [1.165, 1.54) is 0 Å². The summed E-state index contributed by atoms with van der Waals surface area (Å²) in [5.41, 5.74) is 7.39. The minimum atomic E-state index is 0.00796. The van der Waals surface area contributed by atoms with Gasteiger partial charge in [-0.2, -0.15) is 0 Å². The first-order chi connectivity index (χ1) is 10.6. The molecule has 3 rings (SSSR count). The van der Waals surface area contributed by atoms with Crippen LogP contribution in [0.2, 0.25) is 0 Å². The molecule has 0 unspecified atom stereocenters. The van der Waals surface area contributed by atoms with E-state index in [1.54, 1.807) is 18.4 Å². The second-order valence-corrected chi connectivity index (χ2v) is 7.01. The van der Waals surface area contributed by atoms with Gasteiger partial charge in [-0.1, -0.05) is 6.42 Å². The van der Waals surface area contributed by atoms with E-state index in [2.05, 4.69) is 10.3 Å². The second-order valence-electron chi connectivity index (χ2n) is 5.78. The van der Waals surface area contributed by atoms with Crippen molar-refractivity contribution in [1.82, 2.24) is 4.98 Å². The maximum Gasteiger partial charge on any atom is 0.227 e. The highest BCUT2D eigenvalue weighted by Crippen LogP contribution is 2.36. The lowest BCUT2D eigenvalue weighted by Crippen LogP contribution is -2.29. The van der Waals surface area contributed by atoms with Crippen molar-refractivity contribution in [2.24, 2.45) is 17.6 Å². The van der Waals surface area contributed by atoms with Crippen LogP contribution < -0.4 is 15.8 Å². The fourth-order valence-electron chi connectivity index (χ4n) is 3.23. The van der Waals surface area contributed by atoms with Crippen LogP contribution in [0.3, 0.4) is 0 Å². The summed E-state index contributed by atoms with van der Waals surface area (Å²) in [4.78, 5) is 17.0. The number of thiazole rings is 1. The smallest absolute Gasteiger partial charge is 0.227 e. The number of hydrogen-bond donors (Lipinski definition) is 2. The van der Waals surface area contributed by atoms with E-state index in [9.17, 15) is 4.79 Å². The standard InChI is InChI=1S/C16H21N3O2S/c1-9-18-13-6-14(21-2)12(7-15(13)22-9)19-16(20)11-5-3-4-10(11)8-17/h6-7,10-11H,3-5,8,17H2,1-2H3,(H,19,20)/t10-,11-/m1/s1. The van der Waals surface area contributed by atoms with Crippen molar-refractivity contribution in [2.75, 3.05) is 19.0 Å². The van der Waals surface area contributed by atoms with Crippen LogP contribution in [0.25, 0.3) is 10.2 Å². The van der Waals surface area contributed by atoms with E-state index in [0.717, 1.165) is 34.5 Å². The number of anilines is 1. The summed E-state index contributed by atoms with van der Waals surface area (Å²) in [7, 11) is 1.61. The molecule has 1 aromatic carbocycles. The molecule has 6 heteroatoms. The first kappa shape index (κ1) is 15.2. The molecule has 1 aliphatic carbocycles. The van der Waals surface area contributed by atoms with Crippen LogP contribution in [0.4, 0.5) is 5.69 Å². The zero-order chi connectivity index (χ0) is 15.7. The largest absolute Gasteiger partial charge is 0.494 e. The fraction of sp³-hybridized carbons (Fsp3) is 0.500. The van der Waals surface area contributed by atoms with Gasteiger partial charge in [0.25, 0.3) is 0 Å². The van der Waals surface area contributed by atoms with Crippen molar-refractivity contribution in [3.8, 4) is 5.75 Å². The van der Waals surface area contributed by atoms with E-state index >= 15 is 0 Å². The van der Waals surface area contributed by atoms with Crippen molar-refractivity contribution in [3.63, 3.8) is 0 Å². The molecule has 1 aliphatic rings. The highest BCUT2D eigenvalue weighted by atomic mass is 32.1. The number of fused-ring (bicyclic) bond motifs is 1. The first-order valence-corrected chi connectivity index (χ1v) is 8.40. The number of nitrogens with one attached hydrogen (secondary N) is 1. The molecule has 118 valence electrons. The quantitative estimate of drug-likeness (QED) is 0.908. The molecular formula is C16H21N3O2S. The monoisotopic (exact) mass is 319 g/mol. The summed E-state index contributed by atoms with van der Waals surface area (Å²) >= 11 is 1.61. The second kappa shape index (κ2) is 6.22. The third-order valence-corrected chi connectivity index (χ3v) is 5.31. The van der Waals surface area contributed by atoms with E-state index in [4.69, 9.17) is 10.5 Å². The van der Waals surface area contributed by atoms with Gasteiger partial charge in [-0.3, -0.25) is 4.79 Å². The summed E-state index contributed by atoms with van der Waals surface area (Å²) in [5.74, 6) is 0.995. The highest BCUT2D eigenvalue weighted by Gasteiger charge is 2.32. The number of methoxy groups -OCH3 is 1. The van der Waals surface area contributed by atoms with Crippen LogP contribution in [0.1, 0.15) is 24.3 Å². The fourth-order valence-corrected chi connectivity index (χ4v) is 4.07. The summed E-state index contributed by atoms with van der Waals surface area (Å²) in [6, 6.07) is 3.83. The van der Waals surface area contributed by atoms with Crippen LogP contribution in [0.15, 0.2) is 12.1 Å². The van der Waals surface area contributed by atoms with E-state index in [0.29, 0.717) is 23.9 Å². The number of nitrogens with zero attached hydrogens (tertiary/aromatic N) is 1. The van der Waals surface area contributed by atoms with E-state index in [-0.39, 0.29) is 11.8 Å². The molecule has 3 N–H and O–H groups in total.